The summed E-state index contributed by atoms with van der Waals surface area (Å²) in [6.07, 6.45) is 7.02. The molecule has 1 aliphatic rings. The largest absolute Gasteiger partial charge is 0.280 e. The Hall–Kier alpha value is -3.08. The van der Waals surface area contributed by atoms with Crippen molar-refractivity contribution in [1.82, 2.24) is 15.0 Å². The molecule has 124 valence electrons. The van der Waals surface area contributed by atoms with Crippen molar-refractivity contribution in [2.45, 2.75) is 26.2 Å². The fraction of sp³-hybridized carbons (Fsp3) is 0.200. The summed E-state index contributed by atoms with van der Waals surface area (Å²) in [6, 6.07) is 9.80. The molecule has 5 heteroatoms. The third-order valence-corrected chi connectivity index (χ3v) is 4.68. The third kappa shape index (κ3) is 2.39. The molecule has 0 bridgehead atoms. The standard InChI is InChI=1S/C20H18N4O/c1-13-22-11-15(12-23-13)14-4-5-17-18(10-14)24(19(25)20(17,2)3)16-6-8-21-9-7-16/h4-12H,1-3H3. The Morgan fingerprint density at radius 1 is 0.960 bits per heavy atom. The van der Waals surface area contributed by atoms with Gasteiger partial charge in [-0.15, -0.1) is 0 Å². The van der Waals surface area contributed by atoms with Gasteiger partial charge in [-0.25, -0.2) is 9.97 Å². The number of hydrogen-bond donors (Lipinski definition) is 0. The molecule has 1 amide bonds. The van der Waals surface area contributed by atoms with Crippen LogP contribution in [0.25, 0.3) is 11.1 Å². The van der Waals surface area contributed by atoms with Gasteiger partial charge in [0.25, 0.3) is 0 Å². The highest BCUT2D eigenvalue weighted by Crippen LogP contribution is 2.46. The van der Waals surface area contributed by atoms with E-state index in [9.17, 15) is 4.79 Å². The number of pyridine rings is 1. The maximum Gasteiger partial charge on any atom is 0.241 e. The number of amides is 1. The molecule has 3 aromatic rings. The van der Waals surface area contributed by atoms with E-state index in [2.05, 4.69) is 15.0 Å². The van der Waals surface area contributed by atoms with Gasteiger partial charge in [0.15, 0.2) is 0 Å². The second-order valence-electron chi connectivity index (χ2n) is 6.72. The van der Waals surface area contributed by atoms with Crippen molar-refractivity contribution in [1.29, 1.82) is 0 Å². The number of fused-ring (bicyclic) bond motifs is 1. The molecule has 0 saturated carbocycles. The molecule has 0 aliphatic carbocycles. The van der Waals surface area contributed by atoms with E-state index in [1.807, 2.05) is 63.5 Å². The van der Waals surface area contributed by atoms with Crippen molar-refractivity contribution in [3.05, 3.63) is 66.5 Å². The fourth-order valence-electron chi connectivity index (χ4n) is 3.22. The second-order valence-corrected chi connectivity index (χ2v) is 6.72. The van der Waals surface area contributed by atoms with Crippen LogP contribution >= 0.6 is 0 Å². The van der Waals surface area contributed by atoms with Crippen LogP contribution in [-0.4, -0.2) is 20.9 Å². The van der Waals surface area contributed by atoms with Crippen molar-refractivity contribution in [3.8, 4) is 11.1 Å². The first-order valence-electron chi connectivity index (χ1n) is 8.16. The van der Waals surface area contributed by atoms with Crippen LogP contribution in [0.4, 0.5) is 11.4 Å². The molecule has 5 nitrogen and oxygen atoms in total. The number of aryl methyl sites for hydroxylation is 1. The van der Waals surface area contributed by atoms with Crippen molar-refractivity contribution >= 4 is 17.3 Å². The van der Waals surface area contributed by atoms with Gasteiger partial charge in [0.1, 0.15) is 5.82 Å². The smallest absolute Gasteiger partial charge is 0.241 e. The van der Waals surface area contributed by atoms with Gasteiger partial charge in [-0.3, -0.25) is 14.7 Å². The highest BCUT2D eigenvalue weighted by Gasteiger charge is 2.44. The van der Waals surface area contributed by atoms with Crippen molar-refractivity contribution < 1.29 is 4.79 Å². The van der Waals surface area contributed by atoms with Crippen molar-refractivity contribution in [3.63, 3.8) is 0 Å². The molecule has 0 atom stereocenters. The highest BCUT2D eigenvalue weighted by molar-refractivity contribution is 6.12. The van der Waals surface area contributed by atoms with Crippen LogP contribution in [0.3, 0.4) is 0 Å². The molecular formula is C20H18N4O. The summed E-state index contributed by atoms with van der Waals surface area (Å²) in [5.74, 6) is 0.797. The third-order valence-electron chi connectivity index (χ3n) is 4.68. The second kappa shape index (κ2) is 5.48. The summed E-state index contributed by atoms with van der Waals surface area (Å²) < 4.78 is 0. The summed E-state index contributed by atoms with van der Waals surface area (Å²) in [4.78, 5) is 27.4. The molecule has 1 aliphatic heterocycles. The van der Waals surface area contributed by atoms with Gasteiger partial charge < -0.3 is 0 Å². The quantitative estimate of drug-likeness (QED) is 0.717. The average Bonchev–Trinajstić information content (AvgIpc) is 2.82. The zero-order valence-corrected chi connectivity index (χ0v) is 14.4. The molecule has 0 fully saturated rings. The Balaban J connectivity index is 1.88. The van der Waals surface area contributed by atoms with E-state index in [4.69, 9.17) is 0 Å². The maximum atomic E-state index is 13.1. The van der Waals surface area contributed by atoms with Crippen LogP contribution in [0.1, 0.15) is 25.2 Å². The van der Waals surface area contributed by atoms with Crippen LogP contribution < -0.4 is 4.90 Å². The van der Waals surface area contributed by atoms with E-state index < -0.39 is 5.41 Å². The van der Waals surface area contributed by atoms with E-state index in [0.717, 1.165) is 33.9 Å². The van der Waals surface area contributed by atoms with Gasteiger partial charge in [0.2, 0.25) is 5.91 Å². The number of aromatic nitrogens is 3. The lowest BCUT2D eigenvalue weighted by molar-refractivity contribution is -0.121. The number of benzene rings is 1. The van der Waals surface area contributed by atoms with Gasteiger partial charge in [-0.1, -0.05) is 12.1 Å². The Kier molecular flexibility index (Phi) is 3.39. The van der Waals surface area contributed by atoms with Crippen LogP contribution in [0, 0.1) is 6.92 Å². The zero-order chi connectivity index (χ0) is 17.6. The summed E-state index contributed by atoms with van der Waals surface area (Å²) in [5, 5.41) is 0. The Morgan fingerprint density at radius 2 is 1.64 bits per heavy atom. The lowest BCUT2D eigenvalue weighted by Crippen LogP contribution is -2.33. The average molecular weight is 330 g/mol. The van der Waals surface area contributed by atoms with Crippen LogP contribution in [0.5, 0.6) is 0 Å². The van der Waals surface area contributed by atoms with E-state index >= 15 is 0 Å². The molecule has 3 heterocycles. The predicted octanol–water partition coefficient (Wildman–Crippen LogP) is 3.80. The number of anilines is 2. The topological polar surface area (TPSA) is 59.0 Å². The van der Waals surface area contributed by atoms with Crippen LogP contribution in [-0.2, 0) is 10.2 Å². The first kappa shape index (κ1) is 15.4. The SMILES string of the molecule is Cc1ncc(-c2ccc3c(c2)N(c2ccncc2)C(=O)C3(C)C)cn1. The minimum atomic E-state index is -0.569. The molecule has 4 rings (SSSR count). The lowest BCUT2D eigenvalue weighted by atomic mass is 9.85. The molecule has 0 spiro atoms. The number of carbonyl (C=O) groups is 1. The zero-order valence-electron chi connectivity index (χ0n) is 14.4. The van der Waals surface area contributed by atoms with E-state index in [1.54, 1.807) is 17.3 Å². The van der Waals surface area contributed by atoms with Crippen LogP contribution in [0.2, 0.25) is 0 Å². The predicted molar refractivity (Wildman–Crippen MR) is 96.6 cm³/mol. The molecule has 0 saturated heterocycles. The van der Waals surface area contributed by atoms with Gasteiger partial charge >= 0.3 is 0 Å². The summed E-state index contributed by atoms with van der Waals surface area (Å²) in [5.41, 5.74) is 4.10. The van der Waals surface area contributed by atoms with E-state index in [0.29, 0.717) is 0 Å². The lowest BCUT2D eigenvalue weighted by Gasteiger charge is -2.20. The van der Waals surface area contributed by atoms with Gasteiger partial charge in [0.05, 0.1) is 16.8 Å². The molecular weight excluding hydrogens is 312 g/mol. The first-order chi connectivity index (χ1) is 12.0. The van der Waals surface area contributed by atoms with Gasteiger partial charge in [-0.05, 0) is 50.1 Å². The molecule has 25 heavy (non-hydrogen) atoms. The monoisotopic (exact) mass is 330 g/mol. The Morgan fingerprint density at radius 3 is 2.32 bits per heavy atom. The van der Waals surface area contributed by atoms with E-state index in [1.165, 1.54) is 0 Å². The fourth-order valence-corrected chi connectivity index (χ4v) is 3.22. The van der Waals surface area contributed by atoms with Crippen molar-refractivity contribution in [2.24, 2.45) is 0 Å². The van der Waals surface area contributed by atoms with Gasteiger partial charge in [0, 0.05) is 30.4 Å². The number of carbonyl (C=O) groups excluding carboxylic acids is 1. The number of hydrogen-bond acceptors (Lipinski definition) is 4. The number of rotatable bonds is 2. The maximum absolute atomic E-state index is 13.1. The molecule has 0 N–H and O–H groups in total. The molecule has 0 unspecified atom stereocenters. The molecule has 2 aromatic heterocycles. The molecule has 0 radical (unpaired) electrons. The Bertz CT molecular complexity index is 949. The normalized spacial score (nSPS) is 15.3. The minimum Gasteiger partial charge on any atom is -0.280 e. The summed E-state index contributed by atoms with van der Waals surface area (Å²) >= 11 is 0. The first-order valence-corrected chi connectivity index (χ1v) is 8.16. The van der Waals surface area contributed by atoms with E-state index in [-0.39, 0.29) is 5.91 Å². The van der Waals surface area contributed by atoms with Gasteiger partial charge in [-0.2, -0.15) is 0 Å². The molecule has 1 aromatic carbocycles. The summed E-state index contributed by atoms with van der Waals surface area (Å²) in [7, 11) is 0. The Labute approximate surface area is 146 Å². The highest BCUT2D eigenvalue weighted by atomic mass is 16.2. The minimum absolute atomic E-state index is 0.0611. The number of nitrogens with zero attached hydrogens (tertiary/aromatic N) is 4. The van der Waals surface area contributed by atoms with Crippen LogP contribution in [0.15, 0.2) is 55.1 Å². The van der Waals surface area contributed by atoms with Crippen molar-refractivity contribution in [2.75, 3.05) is 4.90 Å². The summed E-state index contributed by atoms with van der Waals surface area (Å²) in [6.45, 7) is 5.78.